The van der Waals surface area contributed by atoms with E-state index < -0.39 is 24.0 Å². The van der Waals surface area contributed by atoms with Gasteiger partial charge in [0.1, 0.15) is 17.9 Å². The fraction of sp³-hybridized carbons (Fsp3) is 0.333. The highest BCUT2D eigenvalue weighted by molar-refractivity contribution is 5.96. The molecule has 158 valence electrons. The van der Waals surface area contributed by atoms with Crippen molar-refractivity contribution in [1.82, 2.24) is 15.8 Å². The van der Waals surface area contributed by atoms with Gasteiger partial charge in [-0.2, -0.15) is 0 Å². The Morgan fingerprint density at radius 3 is 2.53 bits per heavy atom. The van der Waals surface area contributed by atoms with Crippen molar-refractivity contribution in [3.8, 4) is 0 Å². The maximum Gasteiger partial charge on any atom is 0.344 e. The van der Waals surface area contributed by atoms with Crippen LogP contribution in [0.5, 0.6) is 0 Å². The summed E-state index contributed by atoms with van der Waals surface area (Å²) < 4.78 is 15.6. The Kier molecular flexibility index (Phi) is 6.51. The van der Waals surface area contributed by atoms with Crippen LogP contribution in [0.2, 0.25) is 0 Å². The Labute approximate surface area is 173 Å². The molecule has 9 nitrogen and oxygen atoms in total. The van der Waals surface area contributed by atoms with Crippen molar-refractivity contribution in [2.45, 2.75) is 33.2 Å². The Morgan fingerprint density at radius 1 is 1.13 bits per heavy atom. The first-order valence-electron chi connectivity index (χ1n) is 9.61. The molecule has 0 spiro atoms. The summed E-state index contributed by atoms with van der Waals surface area (Å²) in [6, 6.07) is 7.74. The van der Waals surface area contributed by atoms with Gasteiger partial charge in [-0.1, -0.05) is 42.4 Å². The predicted octanol–water partition coefficient (Wildman–Crippen LogP) is 2.57. The second-order valence-corrected chi connectivity index (χ2v) is 6.54. The largest absolute Gasteiger partial charge is 0.463 e. The van der Waals surface area contributed by atoms with Crippen LogP contribution < -0.4 is 10.6 Å². The Balaban J connectivity index is 1.93. The van der Waals surface area contributed by atoms with Crippen LogP contribution in [0.1, 0.15) is 47.3 Å². The van der Waals surface area contributed by atoms with Gasteiger partial charge in [0, 0.05) is 0 Å². The van der Waals surface area contributed by atoms with Gasteiger partial charge in [0.05, 0.1) is 29.6 Å². The highest BCUT2D eigenvalue weighted by Crippen LogP contribution is 2.28. The average Bonchev–Trinajstić information content (AvgIpc) is 3.12. The third-order valence-corrected chi connectivity index (χ3v) is 4.60. The first kappa shape index (κ1) is 21.1. The summed E-state index contributed by atoms with van der Waals surface area (Å²) in [5.74, 6) is -0.918. The number of nitrogens with zero attached hydrogens (tertiary/aromatic N) is 1. The van der Waals surface area contributed by atoms with Crippen LogP contribution in [0, 0.1) is 6.92 Å². The molecule has 1 aromatic carbocycles. The molecule has 3 rings (SSSR count). The minimum absolute atomic E-state index is 0.157. The number of hydrogen-bond donors (Lipinski definition) is 2. The minimum atomic E-state index is -0.740. The van der Waals surface area contributed by atoms with E-state index in [2.05, 4.69) is 15.8 Å². The summed E-state index contributed by atoms with van der Waals surface area (Å²) >= 11 is 0. The fourth-order valence-electron chi connectivity index (χ4n) is 3.21. The number of carbonyl (C=O) groups excluding carboxylic acids is 3. The van der Waals surface area contributed by atoms with Crippen LogP contribution in [-0.2, 0) is 20.7 Å². The van der Waals surface area contributed by atoms with E-state index in [0.717, 1.165) is 0 Å². The molecular weight excluding hydrogens is 390 g/mol. The maximum absolute atomic E-state index is 12.7. The van der Waals surface area contributed by atoms with Gasteiger partial charge in [0.2, 0.25) is 0 Å². The molecule has 0 unspecified atom stereocenters. The highest BCUT2D eigenvalue weighted by atomic mass is 16.5. The number of hydrogen-bond acceptors (Lipinski definition) is 7. The molecule has 30 heavy (non-hydrogen) atoms. The summed E-state index contributed by atoms with van der Waals surface area (Å²) in [6.07, 6.45) is 0.495. The van der Waals surface area contributed by atoms with E-state index in [-0.39, 0.29) is 30.0 Å². The zero-order valence-electron chi connectivity index (χ0n) is 17.0. The van der Waals surface area contributed by atoms with Gasteiger partial charge >= 0.3 is 18.0 Å². The molecule has 2 heterocycles. The molecule has 0 radical (unpaired) electrons. The molecule has 2 aromatic rings. The van der Waals surface area contributed by atoms with E-state index in [1.165, 1.54) is 0 Å². The number of urea groups is 1. The van der Waals surface area contributed by atoms with Crippen LogP contribution in [0.3, 0.4) is 0 Å². The number of aryl methyl sites for hydroxylation is 2. The van der Waals surface area contributed by atoms with Crippen molar-refractivity contribution in [1.29, 1.82) is 0 Å². The molecule has 0 saturated carbocycles. The zero-order valence-corrected chi connectivity index (χ0v) is 17.0. The fourth-order valence-corrected chi connectivity index (χ4v) is 3.21. The van der Waals surface area contributed by atoms with Crippen molar-refractivity contribution >= 4 is 18.0 Å². The standard InChI is InChI=1S/C21H23N3O6/c1-4-14-16(12(3)30-24-14)19(25)29-11-15-17(20(26)28-5-2)18(23-21(27)22-15)13-9-7-6-8-10-13/h6-10,18H,4-5,11H2,1-3H3,(H2,22,23,27)/t18-/m1/s1. The van der Waals surface area contributed by atoms with E-state index >= 15 is 0 Å². The predicted molar refractivity (Wildman–Crippen MR) is 105 cm³/mol. The van der Waals surface area contributed by atoms with Gasteiger partial charge in [-0.25, -0.2) is 14.4 Å². The lowest BCUT2D eigenvalue weighted by atomic mass is 9.95. The number of carbonyl (C=O) groups is 3. The third kappa shape index (κ3) is 4.35. The summed E-state index contributed by atoms with van der Waals surface area (Å²) in [7, 11) is 0. The minimum Gasteiger partial charge on any atom is -0.463 e. The van der Waals surface area contributed by atoms with Gasteiger partial charge in [-0.15, -0.1) is 0 Å². The number of rotatable bonds is 7. The smallest absolute Gasteiger partial charge is 0.344 e. The third-order valence-electron chi connectivity index (χ3n) is 4.60. The number of benzene rings is 1. The number of amides is 2. The first-order chi connectivity index (χ1) is 14.5. The molecule has 9 heteroatoms. The van der Waals surface area contributed by atoms with Crippen molar-refractivity contribution in [3.63, 3.8) is 0 Å². The van der Waals surface area contributed by atoms with E-state index in [0.29, 0.717) is 23.4 Å². The summed E-state index contributed by atoms with van der Waals surface area (Å²) in [5.41, 5.74) is 1.76. The summed E-state index contributed by atoms with van der Waals surface area (Å²) in [6.45, 7) is 4.98. The van der Waals surface area contributed by atoms with Crippen molar-refractivity contribution in [3.05, 3.63) is 64.2 Å². The quantitative estimate of drug-likeness (QED) is 0.670. The van der Waals surface area contributed by atoms with Crippen LogP contribution in [0.15, 0.2) is 46.1 Å². The molecule has 2 amide bonds. The van der Waals surface area contributed by atoms with Crippen molar-refractivity contribution in [2.75, 3.05) is 13.2 Å². The van der Waals surface area contributed by atoms with Crippen LogP contribution in [-0.4, -0.2) is 36.3 Å². The normalized spacial score (nSPS) is 16.0. The van der Waals surface area contributed by atoms with Crippen LogP contribution >= 0.6 is 0 Å². The molecule has 0 saturated heterocycles. The second-order valence-electron chi connectivity index (χ2n) is 6.54. The summed E-state index contributed by atoms with van der Waals surface area (Å²) in [5, 5.41) is 9.12. The molecule has 0 bridgehead atoms. The van der Waals surface area contributed by atoms with Crippen molar-refractivity contribution in [2.24, 2.45) is 0 Å². The number of aromatic nitrogens is 1. The Bertz CT molecular complexity index is 980. The lowest BCUT2D eigenvalue weighted by Gasteiger charge is -2.29. The molecular formula is C21H23N3O6. The van der Waals surface area contributed by atoms with E-state index in [9.17, 15) is 14.4 Å². The number of nitrogens with one attached hydrogen (secondary N) is 2. The highest BCUT2D eigenvalue weighted by Gasteiger charge is 2.34. The van der Waals surface area contributed by atoms with E-state index in [1.54, 1.807) is 38.1 Å². The topological polar surface area (TPSA) is 120 Å². The zero-order chi connectivity index (χ0) is 21.7. The van der Waals surface area contributed by atoms with E-state index in [4.69, 9.17) is 14.0 Å². The van der Waals surface area contributed by atoms with Crippen molar-refractivity contribution < 1.29 is 28.4 Å². The lowest BCUT2D eigenvalue weighted by molar-refractivity contribution is -0.139. The molecule has 1 aliphatic rings. The van der Waals surface area contributed by atoms with Gasteiger partial charge in [-0.3, -0.25) is 0 Å². The van der Waals surface area contributed by atoms with Crippen LogP contribution in [0.4, 0.5) is 4.79 Å². The molecule has 1 aliphatic heterocycles. The number of ether oxygens (including phenoxy) is 2. The first-order valence-corrected chi connectivity index (χ1v) is 9.61. The Morgan fingerprint density at radius 2 is 1.87 bits per heavy atom. The van der Waals surface area contributed by atoms with Gasteiger partial charge in [0.25, 0.3) is 0 Å². The average molecular weight is 413 g/mol. The monoisotopic (exact) mass is 413 g/mol. The molecule has 0 aliphatic carbocycles. The Hall–Kier alpha value is -3.62. The second kappa shape index (κ2) is 9.25. The van der Waals surface area contributed by atoms with Gasteiger partial charge in [0.15, 0.2) is 0 Å². The molecule has 1 aromatic heterocycles. The van der Waals surface area contributed by atoms with Gasteiger partial charge in [-0.05, 0) is 25.8 Å². The molecule has 1 atom stereocenters. The maximum atomic E-state index is 12.7. The number of esters is 2. The molecule has 0 fully saturated rings. The summed E-state index contributed by atoms with van der Waals surface area (Å²) in [4.78, 5) is 37.5. The van der Waals surface area contributed by atoms with Crippen LogP contribution in [0.25, 0.3) is 0 Å². The van der Waals surface area contributed by atoms with E-state index in [1.807, 2.05) is 13.0 Å². The van der Waals surface area contributed by atoms with Gasteiger partial charge < -0.3 is 24.6 Å². The molecule has 2 N–H and O–H groups in total. The SMILES string of the molecule is CCOC(=O)C1=C(COC(=O)c2c(CC)noc2C)NC(=O)N[C@@H]1c1ccccc1. The lowest BCUT2D eigenvalue weighted by Crippen LogP contribution is -2.47.